The highest BCUT2D eigenvalue weighted by Gasteiger charge is 2.57. The van der Waals surface area contributed by atoms with Crippen LogP contribution in [-0.2, 0) is 17.4 Å². The first-order valence-corrected chi connectivity index (χ1v) is 8.04. The van der Waals surface area contributed by atoms with Crippen molar-refractivity contribution < 1.29 is 9.18 Å². The van der Waals surface area contributed by atoms with Crippen LogP contribution < -0.4 is 10.6 Å². The molecule has 0 bridgehead atoms. The molecule has 1 saturated carbocycles. The number of hydrogen-bond acceptors (Lipinski definition) is 3. The first kappa shape index (κ1) is 14.6. The van der Waals surface area contributed by atoms with Crippen molar-refractivity contribution in [2.24, 2.45) is 24.8 Å². The standard InChI is InChI=1S/C17H21FN4O/c1-17(2,20-16(23)14-11-7-19-8-12(11)14)15-10-6-9(18)4-5-13(10)22(3)21-15/h4-6,11-12,14,19H,7-8H2,1-3H3,(H,20,23)/t11-,12+,14?. The van der Waals surface area contributed by atoms with Gasteiger partial charge in [0, 0.05) is 18.4 Å². The largest absolute Gasteiger partial charge is 0.345 e. The minimum atomic E-state index is -0.644. The predicted molar refractivity (Wildman–Crippen MR) is 85.2 cm³/mol. The first-order valence-electron chi connectivity index (χ1n) is 8.04. The highest BCUT2D eigenvalue weighted by atomic mass is 19.1. The number of fused-ring (bicyclic) bond motifs is 2. The van der Waals surface area contributed by atoms with Crippen molar-refractivity contribution in [3.63, 3.8) is 0 Å². The van der Waals surface area contributed by atoms with Gasteiger partial charge in [0.05, 0.1) is 16.7 Å². The molecule has 1 aromatic heterocycles. The predicted octanol–water partition coefficient (Wildman–Crippen LogP) is 1.53. The maximum atomic E-state index is 13.6. The number of rotatable bonds is 3. The van der Waals surface area contributed by atoms with E-state index in [1.54, 1.807) is 10.7 Å². The van der Waals surface area contributed by atoms with Gasteiger partial charge in [-0.3, -0.25) is 9.48 Å². The molecule has 1 aromatic carbocycles. The van der Waals surface area contributed by atoms with Crippen LogP contribution in [0.2, 0.25) is 0 Å². The monoisotopic (exact) mass is 316 g/mol. The number of nitrogens with one attached hydrogen (secondary N) is 2. The first-order chi connectivity index (χ1) is 10.9. The van der Waals surface area contributed by atoms with Crippen molar-refractivity contribution in [2.75, 3.05) is 13.1 Å². The van der Waals surface area contributed by atoms with Gasteiger partial charge in [-0.15, -0.1) is 0 Å². The lowest BCUT2D eigenvalue weighted by Crippen LogP contribution is -2.43. The maximum absolute atomic E-state index is 13.6. The third kappa shape index (κ3) is 2.24. The van der Waals surface area contributed by atoms with Crippen LogP contribution in [0.4, 0.5) is 4.39 Å². The Labute approximate surface area is 134 Å². The van der Waals surface area contributed by atoms with Crippen LogP contribution in [0.5, 0.6) is 0 Å². The van der Waals surface area contributed by atoms with E-state index in [2.05, 4.69) is 15.7 Å². The molecule has 2 N–H and O–H groups in total. The third-order valence-corrected chi connectivity index (χ3v) is 5.23. The van der Waals surface area contributed by atoms with Crippen LogP contribution in [0.15, 0.2) is 18.2 Å². The van der Waals surface area contributed by atoms with E-state index < -0.39 is 5.54 Å². The van der Waals surface area contributed by atoms with Gasteiger partial charge in [-0.05, 0) is 57.0 Å². The lowest BCUT2D eigenvalue weighted by atomic mass is 9.96. The third-order valence-electron chi connectivity index (χ3n) is 5.23. The van der Waals surface area contributed by atoms with Gasteiger partial charge in [-0.2, -0.15) is 5.10 Å². The molecule has 122 valence electrons. The van der Waals surface area contributed by atoms with Gasteiger partial charge >= 0.3 is 0 Å². The number of carbonyl (C=O) groups is 1. The van der Waals surface area contributed by atoms with Crippen LogP contribution >= 0.6 is 0 Å². The molecule has 2 fully saturated rings. The summed E-state index contributed by atoms with van der Waals surface area (Å²) in [6.07, 6.45) is 0. The average Bonchev–Trinajstić information content (AvgIpc) is 2.80. The number of piperidine rings is 1. The molecule has 0 spiro atoms. The molecule has 5 nitrogen and oxygen atoms in total. The fourth-order valence-electron chi connectivity index (χ4n) is 3.96. The summed E-state index contributed by atoms with van der Waals surface area (Å²) in [5.41, 5.74) is 0.914. The fraction of sp³-hybridized carbons (Fsp3) is 0.529. The molecular formula is C17H21FN4O. The summed E-state index contributed by atoms with van der Waals surface area (Å²) >= 11 is 0. The van der Waals surface area contributed by atoms with E-state index >= 15 is 0 Å². The quantitative estimate of drug-likeness (QED) is 0.903. The summed E-state index contributed by atoms with van der Waals surface area (Å²) in [5.74, 6) is 0.855. The summed E-state index contributed by atoms with van der Waals surface area (Å²) < 4.78 is 15.4. The number of carbonyl (C=O) groups excluding carboxylic acids is 1. The summed E-state index contributed by atoms with van der Waals surface area (Å²) in [6.45, 7) is 5.71. The van der Waals surface area contributed by atoms with Crippen LogP contribution in [0.25, 0.3) is 10.9 Å². The van der Waals surface area contributed by atoms with Crippen LogP contribution in [0.1, 0.15) is 19.5 Å². The topological polar surface area (TPSA) is 59.0 Å². The van der Waals surface area contributed by atoms with E-state index in [1.807, 2.05) is 20.9 Å². The minimum absolute atomic E-state index is 0.0849. The molecule has 2 heterocycles. The number of aromatic nitrogens is 2. The molecule has 23 heavy (non-hydrogen) atoms. The fourth-order valence-corrected chi connectivity index (χ4v) is 3.96. The number of benzene rings is 1. The molecule has 1 unspecified atom stereocenters. The smallest absolute Gasteiger partial charge is 0.224 e. The van der Waals surface area contributed by atoms with E-state index in [4.69, 9.17) is 0 Å². The molecule has 1 amide bonds. The van der Waals surface area contributed by atoms with Crippen LogP contribution in [0, 0.1) is 23.6 Å². The average molecular weight is 316 g/mol. The second-order valence-electron chi connectivity index (χ2n) is 7.26. The molecule has 2 aliphatic rings. The van der Waals surface area contributed by atoms with Gasteiger partial charge in [0.15, 0.2) is 0 Å². The lowest BCUT2D eigenvalue weighted by molar-refractivity contribution is -0.124. The number of amides is 1. The SMILES string of the molecule is Cn1nc(C(C)(C)NC(=O)C2[C@H]3CNC[C@@H]23)c2cc(F)ccc21. The van der Waals surface area contributed by atoms with Crippen LogP contribution in [-0.4, -0.2) is 28.8 Å². The van der Waals surface area contributed by atoms with Crippen molar-refractivity contribution in [1.29, 1.82) is 0 Å². The van der Waals surface area contributed by atoms with Gasteiger partial charge in [0.1, 0.15) is 5.82 Å². The zero-order valence-corrected chi connectivity index (χ0v) is 13.6. The Hall–Kier alpha value is -1.95. The zero-order valence-electron chi connectivity index (χ0n) is 13.6. The van der Waals surface area contributed by atoms with E-state index in [-0.39, 0.29) is 17.6 Å². The lowest BCUT2D eigenvalue weighted by Gasteiger charge is -2.25. The number of nitrogens with zero attached hydrogens (tertiary/aromatic N) is 2. The molecular weight excluding hydrogens is 295 g/mol. The Balaban J connectivity index is 1.63. The van der Waals surface area contributed by atoms with Gasteiger partial charge in [0.2, 0.25) is 5.91 Å². The van der Waals surface area contributed by atoms with E-state index in [9.17, 15) is 9.18 Å². The molecule has 4 rings (SSSR count). The Morgan fingerprint density at radius 2 is 2.09 bits per heavy atom. The molecule has 2 aromatic rings. The highest BCUT2D eigenvalue weighted by Crippen LogP contribution is 2.49. The van der Waals surface area contributed by atoms with Gasteiger partial charge in [-0.1, -0.05) is 0 Å². The molecule has 1 saturated heterocycles. The Kier molecular flexibility index (Phi) is 3.04. The second-order valence-corrected chi connectivity index (χ2v) is 7.26. The van der Waals surface area contributed by atoms with E-state index in [0.717, 1.165) is 24.0 Å². The zero-order chi connectivity index (χ0) is 16.4. The maximum Gasteiger partial charge on any atom is 0.224 e. The summed E-state index contributed by atoms with van der Waals surface area (Å²) in [4.78, 5) is 12.6. The van der Waals surface area contributed by atoms with E-state index in [1.165, 1.54) is 12.1 Å². The highest BCUT2D eigenvalue weighted by molar-refractivity contribution is 5.86. The molecule has 6 heteroatoms. The van der Waals surface area contributed by atoms with Crippen LogP contribution in [0.3, 0.4) is 0 Å². The van der Waals surface area contributed by atoms with Crippen molar-refractivity contribution in [3.8, 4) is 0 Å². The second kappa shape index (κ2) is 4.77. The molecule has 0 radical (unpaired) electrons. The Bertz CT molecular complexity index is 787. The summed E-state index contributed by atoms with van der Waals surface area (Å²) in [7, 11) is 1.83. The number of halogens is 1. The van der Waals surface area contributed by atoms with Gasteiger partial charge in [-0.25, -0.2) is 4.39 Å². The van der Waals surface area contributed by atoms with Gasteiger partial charge < -0.3 is 10.6 Å². The van der Waals surface area contributed by atoms with Crippen molar-refractivity contribution in [1.82, 2.24) is 20.4 Å². The minimum Gasteiger partial charge on any atom is -0.345 e. The Morgan fingerprint density at radius 1 is 1.39 bits per heavy atom. The van der Waals surface area contributed by atoms with Crippen molar-refractivity contribution in [2.45, 2.75) is 19.4 Å². The summed E-state index contributed by atoms with van der Waals surface area (Å²) in [6, 6.07) is 4.63. The van der Waals surface area contributed by atoms with E-state index in [0.29, 0.717) is 17.5 Å². The van der Waals surface area contributed by atoms with Crippen molar-refractivity contribution in [3.05, 3.63) is 29.7 Å². The molecule has 1 aliphatic carbocycles. The molecule has 3 atom stereocenters. The summed E-state index contributed by atoms with van der Waals surface area (Å²) in [5, 5.41) is 11.7. The Morgan fingerprint density at radius 3 is 2.78 bits per heavy atom. The number of hydrogen-bond donors (Lipinski definition) is 2. The van der Waals surface area contributed by atoms with Gasteiger partial charge in [0.25, 0.3) is 0 Å². The van der Waals surface area contributed by atoms with Crippen molar-refractivity contribution >= 4 is 16.8 Å². The normalized spacial score (nSPS) is 26.3. The number of aryl methyl sites for hydroxylation is 1. The molecule has 1 aliphatic heterocycles.